The number of carbonyl (C=O) groups excluding carboxylic acids is 1. The van der Waals surface area contributed by atoms with Gasteiger partial charge in [0.05, 0.1) is 6.54 Å². The van der Waals surface area contributed by atoms with E-state index in [1.807, 2.05) is 7.05 Å². The normalized spacial score (nSPS) is 24.8. The molecular weight excluding hydrogens is 433 g/mol. The summed E-state index contributed by atoms with van der Waals surface area (Å²) in [6, 6.07) is 0.462. The van der Waals surface area contributed by atoms with Gasteiger partial charge < -0.3 is 15.5 Å². The van der Waals surface area contributed by atoms with Crippen LogP contribution in [0.5, 0.6) is 0 Å². The van der Waals surface area contributed by atoms with Gasteiger partial charge in [-0.15, -0.1) is 24.0 Å². The Labute approximate surface area is 165 Å². The first kappa shape index (κ1) is 19.9. The van der Waals surface area contributed by atoms with Gasteiger partial charge in [0.1, 0.15) is 18.7 Å². The quantitative estimate of drug-likeness (QED) is 0.384. The van der Waals surface area contributed by atoms with Crippen LogP contribution in [0.1, 0.15) is 31.5 Å². The molecule has 2 fully saturated rings. The average Bonchev–Trinajstić information content (AvgIpc) is 3.26. The molecule has 1 amide bonds. The molecule has 1 heterocycles. The Morgan fingerprint density at radius 1 is 1.40 bits per heavy atom. The van der Waals surface area contributed by atoms with Crippen LogP contribution in [0.25, 0.3) is 0 Å². The highest BCUT2D eigenvalue weighted by Crippen LogP contribution is 2.44. The van der Waals surface area contributed by atoms with E-state index < -0.39 is 0 Å². The molecule has 0 radical (unpaired) electrons. The molecule has 1 aromatic heterocycles. The molecule has 0 aliphatic heterocycles. The molecule has 2 aliphatic carbocycles. The Morgan fingerprint density at radius 2 is 2.20 bits per heavy atom. The van der Waals surface area contributed by atoms with Crippen molar-refractivity contribution in [2.24, 2.45) is 23.9 Å². The Kier molecular flexibility index (Phi) is 7.03. The number of hydrogen-bond acceptors (Lipinski definition) is 4. The molecule has 3 atom stereocenters. The summed E-state index contributed by atoms with van der Waals surface area (Å²) >= 11 is 0. The van der Waals surface area contributed by atoms with E-state index in [1.54, 1.807) is 23.7 Å². The maximum absolute atomic E-state index is 11.9. The number of nitrogens with one attached hydrogen (secondary N) is 2. The van der Waals surface area contributed by atoms with Crippen molar-refractivity contribution >= 4 is 35.8 Å². The number of nitrogens with zero attached hydrogens (tertiary/aromatic N) is 5. The van der Waals surface area contributed by atoms with E-state index in [0.717, 1.165) is 17.7 Å². The second-order valence-corrected chi connectivity index (χ2v) is 7.03. The third-order valence-corrected chi connectivity index (χ3v) is 5.15. The number of likely N-dealkylation sites (N-methyl/N-ethyl adjacent to an activating group) is 1. The van der Waals surface area contributed by atoms with Crippen molar-refractivity contribution in [3.05, 3.63) is 12.2 Å². The lowest BCUT2D eigenvalue weighted by atomic mass is 9.95. The van der Waals surface area contributed by atoms with E-state index in [4.69, 9.17) is 0 Å². The molecule has 0 spiro atoms. The standard InChI is InChI=1S/C16H27N7O.HI/c1-22(2)15(24)9-18-16(17-8-14-19-10-20-23(14)3)21-13-7-11-4-5-12(13)6-11;/h10-13H,4-9H2,1-3H3,(H2,17,18,21);1H. The summed E-state index contributed by atoms with van der Waals surface area (Å²) in [7, 11) is 5.36. The highest BCUT2D eigenvalue weighted by Gasteiger charge is 2.39. The van der Waals surface area contributed by atoms with Crippen LogP contribution in [0.3, 0.4) is 0 Å². The maximum Gasteiger partial charge on any atom is 0.241 e. The Balaban J connectivity index is 0.00000225. The summed E-state index contributed by atoms with van der Waals surface area (Å²) in [4.78, 5) is 22.2. The van der Waals surface area contributed by atoms with E-state index in [0.29, 0.717) is 18.5 Å². The van der Waals surface area contributed by atoms with Crippen LogP contribution in [0.2, 0.25) is 0 Å². The van der Waals surface area contributed by atoms with Crippen LogP contribution in [-0.2, 0) is 18.4 Å². The molecule has 2 bridgehead atoms. The molecule has 140 valence electrons. The van der Waals surface area contributed by atoms with Crippen LogP contribution in [-0.4, -0.2) is 58.2 Å². The zero-order chi connectivity index (χ0) is 17.1. The lowest BCUT2D eigenvalue weighted by Gasteiger charge is -2.25. The zero-order valence-electron chi connectivity index (χ0n) is 15.1. The fourth-order valence-electron chi connectivity index (χ4n) is 3.68. The fourth-order valence-corrected chi connectivity index (χ4v) is 3.68. The number of rotatable bonds is 5. The summed E-state index contributed by atoms with van der Waals surface area (Å²) < 4.78 is 1.71. The van der Waals surface area contributed by atoms with Crippen molar-refractivity contribution in [2.75, 3.05) is 20.6 Å². The van der Waals surface area contributed by atoms with Gasteiger partial charge in [0.2, 0.25) is 5.91 Å². The summed E-state index contributed by atoms with van der Waals surface area (Å²) in [6.45, 7) is 0.668. The molecule has 3 unspecified atom stereocenters. The van der Waals surface area contributed by atoms with Crippen molar-refractivity contribution in [3.8, 4) is 0 Å². The minimum Gasteiger partial charge on any atom is -0.353 e. The van der Waals surface area contributed by atoms with Crippen molar-refractivity contribution in [1.29, 1.82) is 0 Å². The number of hydrogen-bond donors (Lipinski definition) is 2. The molecule has 2 N–H and O–H groups in total. The summed E-state index contributed by atoms with van der Waals surface area (Å²) in [5.41, 5.74) is 0. The first-order chi connectivity index (χ1) is 11.5. The van der Waals surface area contributed by atoms with E-state index >= 15 is 0 Å². The smallest absolute Gasteiger partial charge is 0.241 e. The molecule has 2 saturated carbocycles. The van der Waals surface area contributed by atoms with Gasteiger partial charge in [-0.05, 0) is 31.1 Å². The molecule has 8 nitrogen and oxygen atoms in total. The predicted molar refractivity (Wildman–Crippen MR) is 107 cm³/mol. The molecule has 25 heavy (non-hydrogen) atoms. The molecule has 0 aromatic carbocycles. The number of aryl methyl sites for hydroxylation is 1. The van der Waals surface area contributed by atoms with Gasteiger partial charge in [-0.25, -0.2) is 9.98 Å². The molecular formula is C16H28IN7O. The van der Waals surface area contributed by atoms with Crippen LogP contribution < -0.4 is 10.6 Å². The van der Waals surface area contributed by atoms with Gasteiger partial charge in [-0.1, -0.05) is 6.42 Å². The minimum absolute atomic E-state index is 0. The van der Waals surface area contributed by atoms with E-state index in [9.17, 15) is 4.79 Å². The Hall–Kier alpha value is -1.39. The number of guanidine groups is 1. The van der Waals surface area contributed by atoms with Crippen molar-refractivity contribution in [3.63, 3.8) is 0 Å². The summed E-state index contributed by atoms with van der Waals surface area (Å²) in [5, 5.41) is 10.8. The molecule has 9 heteroatoms. The minimum atomic E-state index is 0. The van der Waals surface area contributed by atoms with Crippen molar-refractivity contribution < 1.29 is 4.79 Å². The van der Waals surface area contributed by atoms with E-state index in [1.165, 1.54) is 32.0 Å². The molecule has 2 aliphatic rings. The van der Waals surface area contributed by atoms with Gasteiger partial charge in [-0.3, -0.25) is 9.48 Å². The molecule has 0 saturated heterocycles. The number of fused-ring (bicyclic) bond motifs is 2. The first-order valence-electron chi connectivity index (χ1n) is 8.60. The molecule has 3 rings (SSSR count). The lowest BCUT2D eigenvalue weighted by molar-refractivity contribution is -0.127. The number of aliphatic imine (C=N–C) groups is 1. The largest absolute Gasteiger partial charge is 0.353 e. The predicted octanol–water partition coefficient (Wildman–Crippen LogP) is 0.745. The topological polar surface area (TPSA) is 87.4 Å². The van der Waals surface area contributed by atoms with Crippen LogP contribution >= 0.6 is 24.0 Å². The number of aromatic nitrogens is 3. The first-order valence-corrected chi connectivity index (χ1v) is 8.60. The van der Waals surface area contributed by atoms with Gasteiger partial charge in [-0.2, -0.15) is 5.10 Å². The van der Waals surface area contributed by atoms with E-state index in [2.05, 4.69) is 25.7 Å². The maximum atomic E-state index is 11.9. The average molecular weight is 461 g/mol. The number of halogens is 1. The third-order valence-electron chi connectivity index (χ3n) is 5.15. The lowest BCUT2D eigenvalue weighted by Crippen LogP contribution is -2.48. The van der Waals surface area contributed by atoms with Crippen LogP contribution in [0.15, 0.2) is 11.3 Å². The second kappa shape index (κ2) is 8.81. The summed E-state index contributed by atoms with van der Waals surface area (Å²) in [6.07, 6.45) is 6.72. The van der Waals surface area contributed by atoms with Crippen LogP contribution in [0.4, 0.5) is 0 Å². The summed E-state index contributed by atoms with van der Waals surface area (Å²) in [5.74, 6) is 3.10. The molecule has 1 aromatic rings. The SMILES string of the molecule is CN(C)C(=O)CNC(=NCc1ncnn1C)NC1CC2CCC1C2.I. The third kappa shape index (κ3) is 5.05. The number of carbonyl (C=O) groups is 1. The van der Waals surface area contributed by atoms with Crippen molar-refractivity contribution in [2.45, 2.75) is 38.3 Å². The number of amides is 1. The fraction of sp³-hybridized carbons (Fsp3) is 0.750. The van der Waals surface area contributed by atoms with Gasteiger partial charge in [0, 0.05) is 27.2 Å². The zero-order valence-corrected chi connectivity index (χ0v) is 17.4. The Morgan fingerprint density at radius 3 is 2.76 bits per heavy atom. The second-order valence-electron chi connectivity index (χ2n) is 7.03. The highest BCUT2D eigenvalue weighted by atomic mass is 127. The van der Waals surface area contributed by atoms with Gasteiger partial charge in [0.25, 0.3) is 0 Å². The van der Waals surface area contributed by atoms with Gasteiger partial charge in [0.15, 0.2) is 5.96 Å². The van der Waals surface area contributed by atoms with Crippen molar-refractivity contribution in [1.82, 2.24) is 30.3 Å². The van der Waals surface area contributed by atoms with Crippen LogP contribution in [0, 0.1) is 11.8 Å². The van der Waals surface area contributed by atoms with Gasteiger partial charge >= 0.3 is 0 Å². The highest BCUT2D eigenvalue weighted by molar-refractivity contribution is 14.0. The Bertz CT molecular complexity index is 615. The monoisotopic (exact) mass is 461 g/mol. The van der Waals surface area contributed by atoms with E-state index in [-0.39, 0.29) is 36.4 Å².